The number of ether oxygens (including phenoxy) is 1. The van der Waals surface area contributed by atoms with Gasteiger partial charge in [0.15, 0.2) is 0 Å². The van der Waals surface area contributed by atoms with Crippen molar-refractivity contribution in [3.05, 3.63) is 73.1 Å². The fourth-order valence-corrected chi connectivity index (χ4v) is 6.84. The maximum Gasteiger partial charge on any atom is 0.301 e. The molecule has 0 unspecified atom stereocenters. The summed E-state index contributed by atoms with van der Waals surface area (Å²) < 4.78 is 36.0. The summed E-state index contributed by atoms with van der Waals surface area (Å²) in [5.74, 6) is 0.701. The molecule has 4 aliphatic heterocycles. The Balaban J connectivity index is 1.16. The molecular formula is C29H39N7O4S. The number of hydrogen-bond donors (Lipinski definition) is 2. The molecule has 5 rings (SSSR count). The number of benzene rings is 1. The van der Waals surface area contributed by atoms with Gasteiger partial charge in [-0.05, 0) is 42.7 Å². The molecular weight excluding hydrogens is 542 g/mol. The highest BCUT2D eigenvalue weighted by Crippen LogP contribution is 2.25. The van der Waals surface area contributed by atoms with E-state index in [2.05, 4.69) is 44.2 Å². The number of piperidine rings is 1. The number of nitrogens with zero attached hydrogens (tertiary/aromatic N) is 5. The van der Waals surface area contributed by atoms with Crippen LogP contribution >= 0.6 is 0 Å². The molecule has 0 atom stereocenters. The van der Waals surface area contributed by atoms with Gasteiger partial charge >= 0.3 is 10.2 Å². The largest absolute Gasteiger partial charge is 0.378 e. The third kappa shape index (κ3) is 7.07. The second-order valence-corrected chi connectivity index (χ2v) is 12.1. The number of carbonyl (C=O) groups is 1. The Morgan fingerprint density at radius 3 is 2.32 bits per heavy atom. The third-order valence-corrected chi connectivity index (χ3v) is 9.48. The van der Waals surface area contributed by atoms with Gasteiger partial charge in [0, 0.05) is 87.8 Å². The van der Waals surface area contributed by atoms with Crippen LogP contribution in [0.15, 0.2) is 72.5 Å². The van der Waals surface area contributed by atoms with Gasteiger partial charge in [0.2, 0.25) is 5.91 Å². The van der Waals surface area contributed by atoms with Crippen LogP contribution in [0.2, 0.25) is 0 Å². The Morgan fingerprint density at radius 1 is 1.00 bits per heavy atom. The quantitative estimate of drug-likeness (QED) is 0.451. The van der Waals surface area contributed by atoms with Gasteiger partial charge in [-0.1, -0.05) is 25.3 Å². The van der Waals surface area contributed by atoms with Crippen molar-refractivity contribution in [3.8, 4) is 0 Å². The first-order valence-corrected chi connectivity index (χ1v) is 15.6. The molecule has 2 N–H and O–H groups in total. The van der Waals surface area contributed by atoms with Crippen LogP contribution in [-0.2, 0) is 19.7 Å². The summed E-state index contributed by atoms with van der Waals surface area (Å²) in [5, 5.41) is 3.35. The summed E-state index contributed by atoms with van der Waals surface area (Å²) >= 11 is 0. The summed E-state index contributed by atoms with van der Waals surface area (Å²) in [6, 6.07) is 7.70. The zero-order valence-electron chi connectivity index (χ0n) is 23.4. The van der Waals surface area contributed by atoms with Crippen LogP contribution in [0.3, 0.4) is 0 Å². The molecule has 3 saturated heterocycles. The summed E-state index contributed by atoms with van der Waals surface area (Å²) in [6.45, 7) is 14.0. The van der Waals surface area contributed by atoms with E-state index < -0.39 is 10.2 Å². The first-order valence-electron chi connectivity index (χ1n) is 14.1. The van der Waals surface area contributed by atoms with Crippen LogP contribution in [0.5, 0.6) is 0 Å². The maximum absolute atomic E-state index is 13.2. The SMILES string of the molecule is C=CN=C1NC(c2ccc(NS(=O)(=O)N3CCN(C4CCN(C(=O)C=C)CC4)CC3)cc2)=C/C1=C\N1CCOCC1. The van der Waals surface area contributed by atoms with E-state index in [0.29, 0.717) is 64.2 Å². The van der Waals surface area contributed by atoms with Crippen molar-refractivity contribution in [2.45, 2.75) is 18.9 Å². The van der Waals surface area contributed by atoms with Gasteiger partial charge in [-0.3, -0.25) is 14.4 Å². The number of hydrogen-bond acceptors (Lipinski definition) is 7. The molecule has 0 aliphatic carbocycles. The lowest BCUT2D eigenvalue weighted by molar-refractivity contribution is -0.127. The molecule has 0 bridgehead atoms. The van der Waals surface area contributed by atoms with E-state index >= 15 is 0 Å². The zero-order valence-corrected chi connectivity index (χ0v) is 24.2. The highest BCUT2D eigenvalue weighted by molar-refractivity contribution is 7.90. The molecule has 0 saturated carbocycles. The van der Waals surface area contributed by atoms with Gasteiger partial charge in [0.05, 0.1) is 13.2 Å². The summed E-state index contributed by atoms with van der Waals surface area (Å²) in [7, 11) is -3.68. The molecule has 4 aliphatic rings. The van der Waals surface area contributed by atoms with Gasteiger partial charge in [0.25, 0.3) is 0 Å². The molecule has 3 fully saturated rings. The predicted octanol–water partition coefficient (Wildman–Crippen LogP) is 1.84. The number of likely N-dealkylation sites (tertiary alicyclic amines) is 1. The topological polar surface area (TPSA) is 110 Å². The molecule has 220 valence electrons. The Hall–Kier alpha value is -3.45. The van der Waals surface area contributed by atoms with Crippen LogP contribution in [-0.4, -0.2) is 111 Å². The van der Waals surface area contributed by atoms with Crippen molar-refractivity contribution in [2.75, 3.05) is 70.3 Å². The maximum atomic E-state index is 13.2. The van der Waals surface area contributed by atoms with E-state index in [1.165, 1.54) is 16.6 Å². The van der Waals surface area contributed by atoms with E-state index in [1.807, 2.05) is 23.1 Å². The van der Waals surface area contributed by atoms with E-state index in [9.17, 15) is 13.2 Å². The molecule has 41 heavy (non-hydrogen) atoms. The standard InChI is InChI=1S/C29H39N7O4S/c1-3-28(37)35-11-9-26(10-12-35)34-13-15-36(16-14-34)41(38,39)32-25-7-5-23(6-8-25)27-21-24(29(31-27)30-4-2)22-33-17-19-40-20-18-33/h3-8,21-22,26,32H,1-2,9-20H2,(H,30,31)/b24-22+. The fourth-order valence-electron chi connectivity index (χ4n) is 5.64. The molecule has 0 radical (unpaired) electrons. The number of amidine groups is 1. The van der Waals surface area contributed by atoms with E-state index in [0.717, 1.165) is 48.6 Å². The Kier molecular flexibility index (Phi) is 9.23. The Morgan fingerprint density at radius 2 is 1.68 bits per heavy atom. The van der Waals surface area contributed by atoms with Crippen molar-refractivity contribution in [3.63, 3.8) is 0 Å². The minimum Gasteiger partial charge on any atom is -0.378 e. The van der Waals surface area contributed by atoms with Crippen molar-refractivity contribution in [2.24, 2.45) is 4.99 Å². The van der Waals surface area contributed by atoms with E-state index in [4.69, 9.17) is 4.74 Å². The predicted molar refractivity (Wildman–Crippen MR) is 161 cm³/mol. The average molecular weight is 582 g/mol. The molecule has 1 aromatic rings. The number of anilines is 1. The molecule has 11 nitrogen and oxygen atoms in total. The fraction of sp³-hybridized carbons (Fsp3) is 0.448. The lowest BCUT2D eigenvalue weighted by Crippen LogP contribution is -2.55. The van der Waals surface area contributed by atoms with Gasteiger partial charge in [0.1, 0.15) is 5.84 Å². The Bertz CT molecular complexity index is 1320. The Labute approximate surface area is 242 Å². The number of rotatable bonds is 8. The minimum atomic E-state index is -3.68. The van der Waals surface area contributed by atoms with Gasteiger partial charge in [-0.15, -0.1) is 0 Å². The first kappa shape index (κ1) is 29.1. The number of nitrogens with one attached hydrogen (secondary N) is 2. The summed E-state index contributed by atoms with van der Waals surface area (Å²) in [6.07, 6.45) is 8.79. The smallest absolute Gasteiger partial charge is 0.301 e. The highest BCUT2D eigenvalue weighted by atomic mass is 32.2. The monoisotopic (exact) mass is 581 g/mol. The molecule has 0 aromatic heterocycles. The average Bonchev–Trinajstić information content (AvgIpc) is 3.39. The van der Waals surface area contributed by atoms with Gasteiger partial charge in [-0.2, -0.15) is 12.7 Å². The van der Waals surface area contributed by atoms with Crippen molar-refractivity contribution in [1.82, 2.24) is 24.3 Å². The van der Waals surface area contributed by atoms with Crippen LogP contribution in [0.4, 0.5) is 5.69 Å². The lowest BCUT2D eigenvalue weighted by Gasteiger charge is -2.42. The number of aliphatic imine (C=N–C) groups is 1. The number of amides is 1. The van der Waals surface area contributed by atoms with Crippen molar-refractivity contribution in [1.29, 1.82) is 0 Å². The minimum absolute atomic E-state index is 0.0219. The van der Waals surface area contributed by atoms with Crippen molar-refractivity contribution >= 4 is 33.3 Å². The van der Waals surface area contributed by atoms with Gasteiger partial charge in [-0.25, -0.2) is 4.99 Å². The van der Waals surface area contributed by atoms with E-state index in [-0.39, 0.29) is 5.91 Å². The third-order valence-electron chi connectivity index (χ3n) is 7.94. The second-order valence-electron chi connectivity index (χ2n) is 10.5. The van der Waals surface area contributed by atoms with Crippen LogP contribution < -0.4 is 10.0 Å². The van der Waals surface area contributed by atoms with Crippen molar-refractivity contribution < 1.29 is 17.9 Å². The molecule has 1 aromatic carbocycles. The highest BCUT2D eigenvalue weighted by Gasteiger charge is 2.32. The second kappa shape index (κ2) is 13.0. The lowest BCUT2D eigenvalue weighted by atomic mass is 10.0. The zero-order chi connectivity index (χ0) is 28.8. The van der Waals surface area contributed by atoms with Crippen LogP contribution in [0.25, 0.3) is 5.70 Å². The number of carbonyl (C=O) groups excluding carboxylic acids is 1. The normalized spacial score (nSPS) is 23.4. The van der Waals surface area contributed by atoms with E-state index in [1.54, 1.807) is 12.1 Å². The molecule has 0 spiro atoms. The molecule has 1 amide bonds. The van der Waals surface area contributed by atoms with Crippen LogP contribution in [0.1, 0.15) is 18.4 Å². The first-order chi connectivity index (χ1) is 19.9. The van der Waals surface area contributed by atoms with Gasteiger partial charge < -0.3 is 19.9 Å². The molecule has 12 heteroatoms. The number of morpholine rings is 1. The summed E-state index contributed by atoms with van der Waals surface area (Å²) in [4.78, 5) is 22.6. The summed E-state index contributed by atoms with van der Waals surface area (Å²) in [5.41, 5.74) is 3.28. The number of piperazine rings is 1. The molecule has 4 heterocycles. The van der Waals surface area contributed by atoms with Crippen LogP contribution in [0, 0.1) is 0 Å².